The van der Waals surface area contributed by atoms with E-state index >= 15 is 52.7 Å². The standard InChI is InChI=1S/C71H48F54N12O6/c72-48(73,54(84,85)60(96,97)66(108,109)110)19-138-40-126-37(127-41(132-40)139-20-49(74,75)55(86,87)61(98,99)67(111,112)113)135-35-3-1-31(136(46-13-25-5-26(14-46)7-27(6-25)15-46)38-128-42(140-21-50(76,77)56(88,89)62(100,101)68(114,115)116)133-43(129-38)141-22-51(78,79)57(90,91)63(102,103)69(117,118)119)11-33(35)34-12-32(2-4-36(34)135)137(47-16-28-8-29(17-47)10-30(9-28)18-47)39-130-44(142-23-52(80,81)58(92,93)64(104,105)70(120,121)122)134-45(131-39)143-24-53(82,83)59(94,95)65(106,107)71(123,124)125/h1-4,11-12,25-30H,5-10,13-24H2. The minimum Gasteiger partial charge on any atom is -0.457 e. The molecule has 8 fully saturated rings. The molecule has 0 unspecified atom stereocenters. The summed E-state index contributed by atoms with van der Waals surface area (Å²) < 4.78 is 803. The summed E-state index contributed by atoms with van der Waals surface area (Å²) >= 11 is 0. The largest absolute Gasteiger partial charge is 0.460 e. The van der Waals surface area contributed by atoms with Crippen LogP contribution in [0.15, 0.2) is 36.4 Å². The predicted octanol–water partition coefficient (Wildman–Crippen LogP) is 24.6. The fourth-order valence-electron chi connectivity index (χ4n) is 18.0. The van der Waals surface area contributed by atoms with Crippen LogP contribution >= 0.6 is 0 Å². The van der Waals surface area contributed by atoms with Gasteiger partial charge in [-0.1, -0.05) is 0 Å². The third-order valence-corrected chi connectivity index (χ3v) is 24.1. The van der Waals surface area contributed by atoms with Gasteiger partial charge < -0.3 is 38.2 Å². The predicted molar refractivity (Wildman–Crippen MR) is 358 cm³/mol. The molecule has 18 nitrogen and oxygen atoms in total. The molecule has 4 aromatic heterocycles. The highest BCUT2D eigenvalue weighted by molar-refractivity contribution is 6.11. The van der Waals surface area contributed by atoms with Crippen molar-refractivity contribution < 1.29 is 266 Å². The van der Waals surface area contributed by atoms with Crippen molar-refractivity contribution in [3.05, 3.63) is 36.4 Å². The quantitative estimate of drug-likeness (QED) is 0.0335. The van der Waals surface area contributed by atoms with Crippen molar-refractivity contribution in [1.29, 1.82) is 0 Å². The maximum absolute atomic E-state index is 15.5. The fraction of sp³-hybridized carbons (Fsp3) is 0.704. The van der Waals surface area contributed by atoms with Crippen molar-refractivity contribution in [1.82, 2.24) is 49.4 Å². The number of benzene rings is 2. The van der Waals surface area contributed by atoms with E-state index in [-0.39, 0.29) is 43.1 Å². The number of ether oxygens (including phenoxy) is 6. The first-order chi connectivity index (χ1) is 64.1. The molecule has 806 valence electrons. The van der Waals surface area contributed by atoms with Crippen LogP contribution in [-0.2, 0) is 0 Å². The van der Waals surface area contributed by atoms with Crippen LogP contribution in [0.3, 0.4) is 0 Å². The number of alkyl halides is 54. The summed E-state index contributed by atoms with van der Waals surface area (Å²) in [5.74, 6) is -147. The normalized spacial score (nSPS) is 22.4. The lowest BCUT2D eigenvalue weighted by Gasteiger charge is -2.60. The second-order valence-corrected chi connectivity index (χ2v) is 34.1. The molecule has 8 aliphatic rings. The van der Waals surface area contributed by atoms with E-state index in [9.17, 15) is 184 Å². The molecule has 72 heteroatoms. The highest BCUT2D eigenvalue weighted by atomic mass is 19.5. The van der Waals surface area contributed by atoms with Crippen LogP contribution in [0.4, 0.5) is 260 Å². The van der Waals surface area contributed by atoms with Crippen LogP contribution in [0.5, 0.6) is 36.1 Å². The summed E-state index contributed by atoms with van der Waals surface area (Å²) in [6.07, 6.45) is -49.1. The van der Waals surface area contributed by atoms with Crippen LogP contribution in [-0.4, -0.2) is 244 Å². The number of anilines is 4. The molecular weight excluding hydrogens is 2140 g/mol. The molecule has 143 heavy (non-hydrogen) atoms. The number of hydrogen-bond donors (Lipinski definition) is 0. The Morgan fingerprint density at radius 2 is 0.399 bits per heavy atom. The van der Waals surface area contributed by atoms with Crippen molar-refractivity contribution in [3.63, 3.8) is 0 Å². The molecule has 2 aromatic carbocycles. The second-order valence-electron chi connectivity index (χ2n) is 34.1. The SMILES string of the molecule is FC(F)(F)C(F)(F)C(F)(F)C(F)(F)COc1nc(OCC(F)(F)C(F)(F)C(F)(F)C(F)(F)F)nc(N(c2ccc3c(c2)c2cc(N(c4nc(OCC(F)(F)C(F)(F)C(F)(F)C(F)(F)F)nc(OCC(F)(F)C(F)(F)C(F)(F)C(F)(F)F)n4)C45CC6CC(CC(C6)C4)C5)ccc2n3-c2nc(OCC(F)(F)C(F)(F)C(F)(F)C(F)(F)F)nc(OCC(F)(F)C(F)(F)C(F)(F)C(F)(F)F)n2)C23CC4CC(CC(C4)C2)C3)n1. The van der Waals surface area contributed by atoms with Gasteiger partial charge in [-0.3, -0.25) is 4.57 Å². The molecule has 0 amide bonds. The zero-order valence-electron chi connectivity index (χ0n) is 68.4. The molecule has 0 aliphatic heterocycles. The summed E-state index contributed by atoms with van der Waals surface area (Å²) in [5, 5.41) is -2.23. The number of hydrogen-bond acceptors (Lipinski definition) is 17. The van der Waals surface area contributed by atoms with Crippen LogP contribution in [0.2, 0.25) is 0 Å². The maximum atomic E-state index is 15.5. The van der Waals surface area contributed by atoms with Crippen molar-refractivity contribution in [2.45, 2.75) is 232 Å². The highest BCUT2D eigenvalue weighted by Crippen LogP contribution is 2.66. The summed E-state index contributed by atoms with van der Waals surface area (Å²) in [6, 6.07) is -12.7. The van der Waals surface area contributed by atoms with Crippen molar-refractivity contribution >= 4 is 45.1 Å². The molecular formula is C71H48F54N12O6. The molecule has 6 aromatic rings. The van der Waals surface area contributed by atoms with E-state index < -0.39 is 356 Å². The lowest BCUT2D eigenvalue weighted by molar-refractivity contribution is -0.398. The van der Waals surface area contributed by atoms with E-state index in [4.69, 9.17) is 0 Å². The van der Waals surface area contributed by atoms with Gasteiger partial charge in [0.1, 0.15) is 0 Å². The molecule has 0 atom stereocenters. The first-order valence-electron chi connectivity index (χ1n) is 39.0. The van der Waals surface area contributed by atoms with Gasteiger partial charge in [0.15, 0.2) is 39.6 Å². The van der Waals surface area contributed by atoms with Gasteiger partial charge in [-0.2, -0.15) is 267 Å². The molecule has 0 radical (unpaired) electrons. The zero-order valence-corrected chi connectivity index (χ0v) is 68.4. The fourth-order valence-corrected chi connectivity index (χ4v) is 18.0. The number of rotatable bonds is 37. The average Bonchev–Trinajstić information content (AvgIpc) is 0.782. The van der Waals surface area contributed by atoms with Gasteiger partial charge in [-0.25, -0.2) is 0 Å². The lowest BCUT2D eigenvalue weighted by atomic mass is 9.52. The number of halogens is 54. The van der Waals surface area contributed by atoms with Gasteiger partial charge in [-0.05, 0) is 149 Å². The van der Waals surface area contributed by atoms with E-state index in [1.807, 2.05) is 0 Å². The van der Waals surface area contributed by atoms with E-state index in [0.717, 1.165) is 0 Å². The van der Waals surface area contributed by atoms with Crippen LogP contribution in [0.25, 0.3) is 27.8 Å². The van der Waals surface area contributed by atoms with Crippen molar-refractivity contribution in [2.24, 2.45) is 35.5 Å². The van der Waals surface area contributed by atoms with Crippen LogP contribution < -0.4 is 38.2 Å². The second kappa shape index (κ2) is 34.2. The Labute approximate surface area is 754 Å². The molecule has 0 N–H and O–H groups in total. The molecule has 0 saturated heterocycles. The summed E-state index contributed by atoms with van der Waals surface area (Å²) in [7, 11) is 0. The highest BCUT2D eigenvalue weighted by Gasteiger charge is 2.88. The maximum Gasteiger partial charge on any atom is 0.460 e. The van der Waals surface area contributed by atoms with E-state index in [0.29, 0.717) is 46.2 Å². The zero-order chi connectivity index (χ0) is 108. The van der Waals surface area contributed by atoms with Gasteiger partial charge in [0.05, 0.1) is 11.0 Å². The number of nitrogens with zero attached hydrogens (tertiary/aromatic N) is 12. The third-order valence-electron chi connectivity index (χ3n) is 24.1. The van der Waals surface area contributed by atoms with Crippen molar-refractivity contribution in [2.75, 3.05) is 49.4 Å². The third kappa shape index (κ3) is 18.4. The topological polar surface area (TPSA) is 183 Å². The monoisotopic (exact) mass is 2190 g/mol. The Hall–Kier alpha value is -10.1. The van der Waals surface area contributed by atoms with Gasteiger partial charge in [0, 0.05) is 33.2 Å². The Morgan fingerprint density at radius 1 is 0.231 bits per heavy atom. The van der Waals surface area contributed by atoms with Crippen LogP contribution in [0.1, 0.15) is 77.0 Å². The van der Waals surface area contributed by atoms with Crippen LogP contribution in [0, 0.1) is 35.5 Å². The molecule has 8 aliphatic carbocycles. The molecule has 14 rings (SSSR count). The van der Waals surface area contributed by atoms with E-state index in [1.165, 1.54) is 0 Å². The minimum atomic E-state index is -7.94. The Kier molecular flexibility index (Phi) is 26.7. The molecule has 0 spiro atoms. The summed E-state index contributed by atoms with van der Waals surface area (Å²) in [5.41, 5.74) is -8.86. The van der Waals surface area contributed by atoms with Gasteiger partial charge in [-0.15, -0.1) is 15.0 Å². The molecule has 4 heterocycles. The molecule has 8 saturated carbocycles. The average molecular weight is 2190 g/mol. The van der Waals surface area contributed by atoms with Gasteiger partial charge >= 0.3 is 180 Å². The Bertz CT molecular complexity index is 5150. The number of fused-ring (bicyclic) bond motifs is 3. The molecule has 8 bridgehead atoms. The Balaban J connectivity index is 1.17. The van der Waals surface area contributed by atoms with Gasteiger partial charge in [0.2, 0.25) is 17.8 Å². The number of aromatic nitrogens is 10. The Morgan fingerprint density at radius 3 is 0.566 bits per heavy atom. The van der Waals surface area contributed by atoms with E-state index in [1.54, 1.807) is 0 Å². The first kappa shape index (κ1) is 112. The first-order valence-corrected chi connectivity index (χ1v) is 39.0. The minimum absolute atomic E-state index is 0.0214. The lowest BCUT2D eigenvalue weighted by Crippen LogP contribution is -2.62. The van der Waals surface area contributed by atoms with E-state index in [2.05, 4.69) is 73.3 Å². The smallest absolute Gasteiger partial charge is 0.457 e. The summed E-state index contributed by atoms with van der Waals surface area (Å²) in [6.45, 7) is -22.5. The summed E-state index contributed by atoms with van der Waals surface area (Å²) in [4.78, 5) is 29.7. The van der Waals surface area contributed by atoms with Gasteiger partial charge in [0.25, 0.3) is 0 Å². The van der Waals surface area contributed by atoms with Crippen molar-refractivity contribution in [3.8, 4) is 42.0 Å².